The summed E-state index contributed by atoms with van der Waals surface area (Å²) in [7, 11) is 3.37. The number of hydrogen-bond acceptors (Lipinski definition) is 4. The number of carbonyl (C=O) groups is 1. The van der Waals surface area contributed by atoms with Crippen molar-refractivity contribution in [1.29, 1.82) is 0 Å². The summed E-state index contributed by atoms with van der Waals surface area (Å²) in [5, 5.41) is 0. The fourth-order valence-electron chi connectivity index (χ4n) is 3.67. The monoisotopic (exact) mass is 497 g/mol. The lowest BCUT2D eigenvalue weighted by Crippen LogP contribution is -2.37. The van der Waals surface area contributed by atoms with Gasteiger partial charge in [0.1, 0.15) is 17.3 Å². The topological polar surface area (TPSA) is 38.8 Å². The third-order valence-electron chi connectivity index (χ3n) is 5.34. The molecule has 2 aromatic rings. The van der Waals surface area contributed by atoms with Crippen LogP contribution in [0.5, 0.6) is 11.5 Å². The summed E-state index contributed by atoms with van der Waals surface area (Å²) < 4.78 is 25.0. The van der Waals surface area contributed by atoms with E-state index in [1.54, 1.807) is 26.4 Å². The van der Waals surface area contributed by atoms with Crippen LogP contribution in [0.2, 0.25) is 0 Å². The highest BCUT2D eigenvalue weighted by molar-refractivity contribution is 14.1. The van der Waals surface area contributed by atoms with E-state index in [2.05, 4.69) is 27.5 Å². The van der Waals surface area contributed by atoms with Crippen LogP contribution in [0.4, 0.5) is 4.39 Å². The van der Waals surface area contributed by atoms with Crippen molar-refractivity contribution in [3.63, 3.8) is 0 Å². The third kappa shape index (κ3) is 5.03. The largest absolute Gasteiger partial charge is 0.496 e. The van der Waals surface area contributed by atoms with Crippen molar-refractivity contribution in [2.45, 2.75) is 19.3 Å². The minimum atomic E-state index is -0.311. The molecule has 1 saturated heterocycles. The van der Waals surface area contributed by atoms with Gasteiger partial charge in [-0.05, 0) is 96.9 Å². The summed E-state index contributed by atoms with van der Waals surface area (Å²) in [5.74, 6) is 1.58. The van der Waals surface area contributed by atoms with Crippen LogP contribution >= 0.6 is 22.6 Å². The summed E-state index contributed by atoms with van der Waals surface area (Å²) in [6.07, 6.45) is 2.54. The SMILES string of the molecule is COc1cc(CCN2CCC(C(=O)c3ccc(F)cc3)CC2)c(OC)cc1I. The number of halogens is 2. The maximum Gasteiger partial charge on any atom is 0.166 e. The van der Waals surface area contributed by atoms with E-state index in [4.69, 9.17) is 9.47 Å². The van der Waals surface area contributed by atoms with Gasteiger partial charge in [-0.25, -0.2) is 4.39 Å². The molecule has 0 aromatic heterocycles. The van der Waals surface area contributed by atoms with E-state index >= 15 is 0 Å². The summed E-state index contributed by atoms with van der Waals surface area (Å²) in [6, 6.07) is 9.92. The van der Waals surface area contributed by atoms with Gasteiger partial charge in [0.25, 0.3) is 0 Å². The molecule has 0 aliphatic carbocycles. The van der Waals surface area contributed by atoms with Crippen molar-refractivity contribution < 1.29 is 18.7 Å². The predicted molar refractivity (Wildman–Crippen MR) is 116 cm³/mol. The van der Waals surface area contributed by atoms with Gasteiger partial charge in [0.15, 0.2) is 5.78 Å². The van der Waals surface area contributed by atoms with Crippen molar-refractivity contribution in [3.05, 3.63) is 56.9 Å². The Morgan fingerprint density at radius 2 is 1.75 bits per heavy atom. The van der Waals surface area contributed by atoms with Gasteiger partial charge in [-0.15, -0.1) is 0 Å². The van der Waals surface area contributed by atoms with Crippen molar-refractivity contribution in [2.75, 3.05) is 33.9 Å². The van der Waals surface area contributed by atoms with Gasteiger partial charge >= 0.3 is 0 Å². The van der Waals surface area contributed by atoms with Crippen LogP contribution in [-0.2, 0) is 6.42 Å². The summed E-state index contributed by atoms with van der Waals surface area (Å²) in [5.41, 5.74) is 1.74. The van der Waals surface area contributed by atoms with Gasteiger partial charge in [0, 0.05) is 18.0 Å². The van der Waals surface area contributed by atoms with Crippen molar-refractivity contribution in [3.8, 4) is 11.5 Å². The quantitative estimate of drug-likeness (QED) is 0.415. The maximum absolute atomic E-state index is 13.1. The molecule has 3 rings (SSSR count). The first kappa shape index (κ1) is 21.0. The van der Waals surface area contributed by atoms with Crippen LogP contribution < -0.4 is 9.47 Å². The van der Waals surface area contributed by atoms with E-state index in [0.29, 0.717) is 5.56 Å². The summed E-state index contributed by atoms with van der Waals surface area (Å²) in [6.45, 7) is 2.69. The van der Waals surface area contributed by atoms with E-state index < -0.39 is 0 Å². The molecule has 0 amide bonds. The highest BCUT2D eigenvalue weighted by Crippen LogP contribution is 2.31. The Morgan fingerprint density at radius 1 is 1.11 bits per heavy atom. The number of piperidine rings is 1. The average Bonchev–Trinajstić information content (AvgIpc) is 2.73. The van der Waals surface area contributed by atoms with Crippen molar-refractivity contribution in [2.24, 2.45) is 5.92 Å². The average molecular weight is 497 g/mol. The molecule has 0 atom stereocenters. The molecule has 0 unspecified atom stereocenters. The molecule has 28 heavy (non-hydrogen) atoms. The Labute approximate surface area is 179 Å². The van der Waals surface area contributed by atoms with Crippen LogP contribution in [0.3, 0.4) is 0 Å². The molecule has 0 radical (unpaired) electrons. The molecule has 1 aliphatic rings. The molecule has 0 saturated carbocycles. The van der Waals surface area contributed by atoms with Crippen molar-refractivity contribution >= 4 is 28.4 Å². The number of rotatable bonds is 7. The first-order valence-corrected chi connectivity index (χ1v) is 10.5. The Bertz CT molecular complexity index is 817. The molecule has 1 fully saturated rings. The lowest BCUT2D eigenvalue weighted by molar-refractivity contribution is 0.0841. The molecule has 6 heteroatoms. The lowest BCUT2D eigenvalue weighted by atomic mass is 9.89. The maximum atomic E-state index is 13.1. The second-order valence-corrected chi connectivity index (χ2v) is 8.20. The molecule has 0 N–H and O–H groups in total. The molecule has 150 valence electrons. The highest BCUT2D eigenvalue weighted by Gasteiger charge is 2.26. The Hall–Kier alpha value is -1.67. The van der Waals surface area contributed by atoms with Crippen LogP contribution in [0.1, 0.15) is 28.8 Å². The van der Waals surface area contributed by atoms with Crippen LogP contribution in [-0.4, -0.2) is 44.5 Å². The number of likely N-dealkylation sites (tertiary alicyclic amines) is 1. The Morgan fingerprint density at radius 3 is 2.36 bits per heavy atom. The molecule has 1 heterocycles. The van der Waals surface area contributed by atoms with Crippen molar-refractivity contribution in [1.82, 2.24) is 4.90 Å². The standard InChI is InChI=1S/C22H25FINO3/c1-27-20-14-19(24)21(28-2)13-17(20)9-12-25-10-7-16(8-11-25)22(26)15-3-5-18(23)6-4-15/h3-6,13-14,16H,7-12H2,1-2H3. The number of methoxy groups -OCH3 is 2. The molecule has 0 spiro atoms. The van der Waals surface area contributed by atoms with Gasteiger partial charge in [-0.1, -0.05) is 0 Å². The van der Waals surface area contributed by atoms with Gasteiger partial charge in [0.05, 0.1) is 17.8 Å². The van der Waals surface area contributed by atoms with E-state index in [0.717, 1.165) is 59.5 Å². The van der Waals surface area contributed by atoms with Crippen LogP contribution in [0, 0.1) is 15.3 Å². The highest BCUT2D eigenvalue weighted by atomic mass is 127. The zero-order valence-electron chi connectivity index (χ0n) is 16.2. The van der Waals surface area contributed by atoms with Gasteiger partial charge < -0.3 is 14.4 Å². The summed E-state index contributed by atoms with van der Waals surface area (Å²) in [4.78, 5) is 15.0. The normalized spacial score (nSPS) is 15.4. The Balaban J connectivity index is 1.55. The number of carbonyl (C=O) groups excluding carboxylic acids is 1. The minimum absolute atomic E-state index is 0.0228. The molecule has 0 bridgehead atoms. The second kappa shape index (κ2) is 9.69. The van der Waals surface area contributed by atoms with Crippen LogP contribution in [0.25, 0.3) is 0 Å². The zero-order chi connectivity index (χ0) is 20.1. The van der Waals surface area contributed by atoms with E-state index in [1.807, 2.05) is 12.1 Å². The molecule has 1 aliphatic heterocycles. The Kier molecular flexibility index (Phi) is 7.29. The zero-order valence-corrected chi connectivity index (χ0v) is 18.4. The first-order chi connectivity index (χ1) is 13.5. The molecule has 2 aromatic carbocycles. The molecular formula is C22H25FINO3. The fourth-order valence-corrected chi connectivity index (χ4v) is 4.32. The van der Waals surface area contributed by atoms with E-state index in [9.17, 15) is 9.18 Å². The summed E-state index contributed by atoms with van der Waals surface area (Å²) >= 11 is 2.24. The predicted octanol–water partition coefficient (Wildman–Crippen LogP) is 4.58. The molecule has 4 nitrogen and oxygen atoms in total. The number of nitrogens with zero attached hydrogens (tertiary/aromatic N) is 1. The number of ether oxygens (including phenoxy) is 2. The fraction of sp³-hybridized carbons (Fsp3) is 0.409. The molecular weight excluding hydrogens is 472 g/mol. The number of hydrogen-bond donors (Lipinski definition) is 0. The van der Waals surface area contributed by atoms with Gasteiger partial charge in [-0.2, -0.15) is 0 Å². The lowest BCUT2D eigenvalue weighted by Gasteiger charge is -2.31. The first-order valence-electron chi connectivity index (χ1n) is 9.44. The number of Topliss-reactive ketones (excluding diaryl/α,β-unsaturated/α-hetero) is 1. The second-order valence-electron chi connectivity index (χ2n) is 7.04. The van der Waals surface area contributed by atoms with Gasteiger partial charge in [0.2, 0.25) is 0 Å². The smallest absolute Gasteiger partial charge is 0.166 e. The number of ketones is 1. The van der Waals surface area contributed by atoms with E-state index in [-0.39, 0.29) is 17.5 Å². The van der Waals surface area contributed by atoms with Gasteiger partial charge in [-0.3, -0.25) is 4.79 Å². The van der Waals surface area contributed by atoms with Crippen LogP contribution in [0.15, 0.2) is 36.4 Å². The van der Waals surface area contributed by atoms with E-state index in [1.165, 1.54) is 12.1 Å². The number of benzene rings is 2. The third-order valence-corrected chi connectivity index (χ3v) is 6.18. The minimum Gasteiger partial charge on any atom is -0.496 e.